The molecule has 1 N–H and O–H groups in total. The highest BCUT2D eigenvalue weighted by Crippen LogP contribution is 2.30. The van der Waals surface area contributed by atoms with Gasteiger partial charge in [0.05, 0.1) is 31.0 Å². The van der Waals surface area contributed by atoms with Crippen LogP contribution in [0.1, 0.15) is 32.0 Å². The van der Waals surface area contributed by atoms with Crippen molar-refractivity contribution >= 4 is 29.8 Å². The first-order chi connectivity index (χ1) is 17.4. The molecule has 4 rings (SSSR count). The van der Waals surface area contributed by atoms with Crippen molar-refractivity contribution in [1.29, 1.82) is 5.26 Å². The van der Waals surface area contributed by atoms with E-state index in [-0.39, 0.29) is 34.7 Å². The van der Waals surface area contributed by atoms with E-state index in [1.807, 2.05) is 6.07 Å². The Morgan fingerprint density at radius 1 is 1.06 bits per heavy atom. The largest absolute Gasteiger partial charge is 0.493 e. The van der Waals surface area contributed by atoms with Crippen LogP contribution in [0.25, 0.3) is 6.08 Å². The first kappa shape index (κ1) is 24.0. The summed E-state index contributed by atoms with van der Waals surface area (Å²) in [5.74, 6) is -1.87. The Morgan fingerprint density at radius 3 is 2.39 bits per heavy atom. The molecule has 0 atom stereocenters. The van der Waals surface area contributed by atoms with E-state index in [9.17, 15) is 24.4 Å². The van der Waals surface area contributed by atoms with E-state index >= 15 is 0 Å². The van der Waals surface area contributed by atoms with Crippen LogP contribution in [-0.4, -0.2) is 42.2 Å². The Labute approximate surface area is 205 Å². The van der Waals surface area contributed by atoms with Crippen LogP contribution in [0.2, 0.25) is 0 Å². The minimum Gasteiger partial charge on any atom is -0.493 e. The maximum Gasteiger partial charge on any atom is 0.331 e. The summed E-state index contributed by atoms with van der Waals surface area (Å²) in [6, 6.07) is 15.9. The number of fused-ring (bicyclic) bond motifs is 1. The number of methoxy groups -OCH3 is 1. The van der Waals surface area contributed by atoms with Gasteiger partial charge in [0.15, 0.2) is 11.5 Å². The Balaban J connectivity index is 1.43. The van der Waals surface area contributed by atoms with Crippen molar-refractivity contribution in [3.05, 3.63) is 88.9 Å². The van der Waals surface area contributed by atoms with E-state index in [1.165, 1.54) is 49.8 Å². The number of carbonyl (C=O) groups excluding carboxylic acids is 4. The molecule has 0 fully saturated rings. The molecule has 0 saturated carbocycles. The normalized spacial score (nSPS) is 12.7. The predicted molar refractivity (Wildman–Crippen MR) is 125 cm³/mol. The number of carbonyl (C=O) groups is 4. The van der Waals surface area contributed by atoms with Crippen LogP contribution in [0.5, 0.6) is 11.5 Å². The molecule has 0 radical (unpaired) electrons. The topological polar surface area (TPSA) is 139 Å². The second kappa shape index (κ2) is 10.4. The molecule has 36 heavy (non-hydrogen) atoms. The molecule has 0 saturated heterocycles. The number of hydrogen-bond acceptors (Lipinski definition) is 8. The fraction of sp³-hybridized carbons (Fsp3) is 0.115. The molecule has 10 nitrogen and oxygen atoms in total. The Morgan fingerprint density at radius 2 is 1.78 bits per heavy atom. The Hall–Kier alpha value is -5.17. The van der Waals surface area contributed by atoms with Gasteiger partial charge < -0.3 is 19.2 Å². The zero-order valence-corrected chi connectivity index (χ0v) is 19.0. The smallest absolute Gasteiger partial charge is 0.331 e. The van der Waals surface area contributed by atoms with Crippen LogP contribution in [0.15, 0.2) is 70.9 Å². The lowest BCUT2D eigenvalue weighted by molar-refractivity contribution is -0.134. The van der Waals surface area contributed by atoms with Crippen molar-refractivity contribution in [2.45, 2.75) is 6.54 Å². The van der Waals surface area contributed by atoms with Gasteiger partial charge in [-0.1, -0.05) is 18.2 Å². The molecule has 2 heterocycles. The fourth-order valence-corrected chi connectivity index (χ4v) is 3.52. The molecule has 3 amide bonds. The molecule has 0 unspecified atom stereocenters. The van der Waals surface area contributed by atoms with E-state index in [1.54, 1.807) is 24.3 Å². The number of amides is 3. The van der Waals surface area contributed by atoms with Gasteiger partial charge in [-0.15, -0.1) is 0 Å². The van der Waals surface area contributed by atoms with Crippen LogP contribution >= 0.6 is 0 Å². The molecule has 10 heteroatoms. The van der Waals surface area contributed by atoms with Crippen molar-refractivity contribution < 1.29 is 33.1 Å². The summed E-state index contributed by atoms with van der Waals surface area (Å²) in [6.07, 6.45) is 2.83. The average molecular weight is 485 g/mol. The summed E-state index contributed by atoms with van der Waals surface area (Å²) in [4.78, 5) is 50.6. The predicted octanol–water partition coefficient (Wildman–Crippen LogP) is 2.71. The summed E-state index contributed by atoms with van der Waals surface area (Å²) < 4.78 is 15.7. The van der Waals surface area contributed by atoms with Crippen molar-refractivity contribution in [2.75, 3.05) is 13.7 Å². The third-order valence-corrected chi connectivity index (χ3v) is 5.26. The van der Waals surface area contributed by atoms with Crippen LogP contribution in [0.3, 0.4) is 0 Å². The van der Waals surface area contributed by atoms with E-state index in [0.717, 1.165) is 4.90 Å². The van der Waals surface area contributed by atoms with Crippen molar-refractivity contribution in [2.24, 2.45) is 0 Å². The number of nitrogens with zero attached hydrogens (tertiary/aromatic N) is 2. The zero-order valence-electron chi connectivity index (χ0n) is 19.0. The number of nitriles is 1. The number of esters is 1. The third-order valence-electron chi connectivity index (χ3n) is 5.26. The number of furan rings is 1. The van der Waals surface area contributed by atoms with Gasteiger partial charge in [0, 0.05) is 0 Å². The van der Waals surface area contributed by atoms with E-state index in [4.69, 9.17) is 13.9 Å². The van der Waals surface area contributed by atoms with Gasteiger partial charge in [0.25, 0.3) is 17.7 Å². The van der Waals surface area contributed by atoms with Gasteiger partial charge in [-0.3, -0.25) is 19.3 Å². The lowest BCUT2D eigenvalue weighted by atomic mass is 10.1. The Kier molecular flexibility index (Phi) is 6.92. The molecule has 180 valence electrons. The first-order valence-corrected chi connectivity index (χ1v) is 10.7. The summed E-state index contributed by atoms with van der Waals surface area (Å²) in [5, 5.41) is 12.0. The SMILES string of the molecule is COc1cc(/C=C(\C#N)C(=O)NCc2ccco2)ccc1OC(=O)CN1C(=O)c2ccccc2C1=O. The van der Waals surface area contributed by atoms with Gasteiger partial charge in [-0.2, -0.15) is 5.26 Å². The molecule has 2 aromatic carbocycles. The third kappa shape index (κ3) is 5.00. The van der Waals surface area contributed by atoms with Gasteiger partial charge in [-0.05, 0) is 48.0 Å². The molecular weight excluding hydrogens is 466 g/mol. The number of hydrogen-bond donors (Lipinski definition) is 1. The first-order valence-electron chi connectivity index (χ1n) is 10.7. The van der Waals surface area contributed by atoms with E-state index in [0.29, 0.717) is 11.3 Å². The second-order valence-electron chi connectivity index (χ2n) is 7.56. The minimum absolute atomic E-state index is 0.0389. The van der Waals surface area contributed by atoms with Crippen molar-refractivity contribution in [3.63, 3.8) is 0 Å². The monoisotopic (exact) mass is 485 g/mol. The lowest BCUT2D eigenvalue weighted by Gasteiger charge is -2.14. The quantitative estimate of drug-likeness (QED) is 0.169. The summed E-state index contributed by atoms with van der Waals surface area (Å²) in [6.45, 7) is -0.457. The van der Waals surface area contributed by atoms with Gasteiger partial charge in [-0.25, -0.2) is 4.79 Å². The number of imide groups is 1. The van der Waals surface area contributed by atoms with E-state index < -0.39 is 30.2 Å². The van der Waals surface area contributed by atoms with Crippen LogP contribution in [-0.2, 0) is 16.1 Å². The molecular formula is C26H19N3O7. The summed E-state index contributed by atoms with van der Waals surface area (Å²) >= 11 is 0. The molecule has 0 aliphatic carbocycles. The summed E-state index contributed by atoms with van der Waals surface area (Å²) in [5.41, 5.74) is 0.742. The van der Waals surface area contributed by atoms with Crippen molar-refractivity contribution in [1.82, 2.24) is 10.2 Å². The lowest BCUT2D eigenvalue weighted by Crippen LogP contribution is -2.36. The highest BCUT2D eigenvalue weighted by Gasteiger charge is 2.36. The number of rotatable bonds is 8. The van der Waals surface area contributed by atoms with Gasteiger partial charge >= 0.3 is 5.97 Å². The van der Waals surface area contributed by atoms with Gasteiger partial charge in [0.1, 0.15) is 23.9 Å². The standard InChI is InChI=1S/C26H19N3O7/c1-34-22-12-16(11-17(13-27)24(31)28-14-18-5-4-10-35-18)8-9-21(22)36-23(30)15-29-25(32)19-6-2-3-7-20(19)26(29)33/h2-12H,14-15H2,1H3,(H,28,31)/b17-11+. The fourth-order valence-electron chi connectivity index (χ4n) is 3.52. The molecule has 1 aromatic heterocycles. The van der Waals surface area contributed by atoms with Crippen LogP contribution in [0.4, 0.5) is 0 Å². The van der Waals surface area contributed by atoms with Crippen LogP contribution in [0, 0.1) is 11.3 Å². The minimum atomic E-state index is -0.846. The Bertz CT molecular complexity index is 1380. The summed E-state index contributed by atoms with van der Waals surface area (Å²) in [7, 11) is 1.35. The molecule has 1 aliphatic heterocycles. The number of benzene rings is 2. The maximum atomic E-state index is 12.5. The van der Waals surface area contributed by atoms with Crippen molar-refractivity contribution in [3.8, 4) is 17.6 Å². The average Bonchev–Trinajstić information content (AvgIpc) is 3.50. The maximum absolute atomic E-state index is 12.5. The highest BCUT2D eigenvalue weighted by atomic mass is 16.6. The van der Waals surface area contributed by atoms with Gasteiger partial charge in [0.2, 0.25) is 0 Å². The molecule has 0 spiro atoms. The molecule has 1 aliphatic rings. The molecule has 3 aromatic rings. The zero-order chi connectivity index (χ0) is 25.7. The van der Waals surface area contributed by atoms with Crippen LogP contribution < -0.4 is 14.8 Å². The van der Waals surface area contributed by atoms with E-state index in [2.05, 4.69) is 5.32 Å². The second-order valence-corrected chi connectivity index (χ2v) is 7.56. The highest BCUT2D eigenvalue weighted by molar-refractivity contribution is 6.22. The number of nitrogens with one attached hydrogen (secondary N) is 1. The molecule has 0 bridgehead atoms. The number of ether oxygens (including phenoxy) is 2.